The van der Waals surface area contributed by atoms with E-state index in [9.17, 15) is 9.59 Å². The maximum atomic E-state index is 12.3. The summed E-state index contributed by atoms with van der Waals surface area (Å²) in [6.45, 7) is 1.35. The number of rotatable bonds is 5. The molecule has 1 N–H and O–H groups in total. The largest absolute Gasteiger partial charge is 0.480 e. The highest BCUT2D eigenvalue weighted by Crippen LogP contribution is 2.35. The summed E-state index contributed by atoms with van der Waals surface area (Å²) in [6.07, 6.45) is 3.06. The van der Waals surface area contributed by atoms with Gasteiger partial charge in [-0.25, -0.2) is 0 Å². The van der Waals surface area contributed by atoms with E-state index < -0.39 is 5.97 Å². The van der Waals surface area contributed by atoms with Gasteiger partial charge in [0.05, 0.1) is 18.2 Å². The van der Waals surface area contributed by atoms with E-state index in [-0.39, 0.29) is 18.4 Å². The molecule has 0 aromatic carbocycles. The quantitative estimate of drug-likeness (QED) is 0.830. The van der Waals surface area contributed by atoms with Crippen LogP contribution < -0.4 is 4.90 Å². The van der Waals surface area contributed by atoms with Gasteiger partial charge in [-0.3, -0.25) is 9.59 Å². The molecule has 0 fully saturated rings. The van der Waals surface area contributed by atoms with Crippen molar-refractivity contribution in [3.63, 3.8) is 0 Å². The molecule has 1 unspecified atom stereocenters. The Morgan fingerprint density at radius 1 is 1.40 bits per heavy atom. The summed E-state index contributed by atoms with van der Waals surface area (Å²) in [7, 11) is 0. The molecule has 1 aliphatic heterocycles. The number of aliphatic carboxylic acids is 1. The highest BCUT2D eigenvalue weighted by atomic mass is 32.1. The number of amides is 1. The van der Waals surface area contributed by atoms with Crippen LogP contribution in [0, 0.1) is 5.92 Å². The molecular weight excluding hydrogens is 278 g/mol. The molecule has 0 aromatic heterocycles. The second-order valence-electron chi connectivity index (χ2n) is 4.55. The number of carboxylic acids is 1. The van der Waals surface area contributed by atoms with Crippen molar-refractivity contribution < 1.29 is 19.1 Å². The van der Waals surface area contributed by atoms with Gasteiger partial charge in [0.15, 0.2) is 0 Å². The normalized spacial score (nSPS) is 12.3. The molecule has 0 saturated carbocycles. The van der Waals surface area contributed by atoms with E-state index in [0.717, 1.165) is 11.1 Å². The first-order chi connectivity index (χ1) is 9.54. The zero-order valence-electron chi connectivity index (χ0n) is 10.9. The molecule has 2 aliphatic rings. The minimum Gasteiger partial charge on any atom is -0.480 e. The average molecular weight is 293 g/mol. The lowest BCUT2D eigenvalue weighted by Crippen LogP contribution is -2.39. The molecule has 0 bridgehead atoms. The van der Waals surface area contributed by atoms with Crippen LogP contribution in [0.15, 0.2) is 35.1 Å². The Labute approximate surface area is 121 Å². The molecule has 1 heterocycles. The summed E-state index contributed by atoms with van der Waals surface area (Å²) in [5.74, 6) is -1.30. The lowest BCUT2D eigenvalue weighted by atomic mass is 10.1. The summed E-state index contributed by atoms with van der Waals surface area (Å²) in [5, 5.41) is 9.03. The molecule has 0 spiro atoms. The number of carbonyl (C=O) groups is 2. The van der Waals surface area contributed by atoms with Gasteiger partial charge in [0, 0.05) is 22.8 Å². The topological polar surface area (TPSA) is 70.8 Å². The van der Waals surface area contributed by atoms with Crippen LogP contribution in [-0.4, -0.2) is 29.3 Å². The summed E-state index contributed by atoms with van der Waals surface area (Å²) in [6, 6.07) is 5.24. The van der Waals surface area contributed by atoms with E-state index in [1.165, 1.54) is 11.2 Å². The average Bonchev–Trinajstić information content (AvgIpc) is 2.86. The first kappa shape index (κ1) is 14.5. The third-order valence-corrected chi connectivity index (χ3v) is 3.61. The van der Waals surface area contributed by atoms with Crippen molar-refractivity contribution in [2.75, 3.05) is 17.2 Å². The molecule has 6 heteroatoms. The summed E-state index contributed by atoms with van der Waals surface area (Å²) in [4.78, 5) is 24.7. The predicted octanol–water partition coefficient (Wildman–Crippen LogP) is 2.37. The fraction of sp³-hybridized carbons (Fsp3) is 0.286. The number of hydrogen-bond acceptors (Lipinski definition) is 4. The smallest absolute Gasteiger partial charge is 0.323 e. The first-order valence-corrected chi connectivity index (χ1v) is 6.76. The van der Waals surface area contributed by atoms with Gasteiger partial charge in [-0.15, -0.1) is 0 Å². The predicted molar refractivity (Wildman–Crippen MR) is 78.3 cm³/mol. The Morgan fingerprint density at radius 3 is 2.80 bits per heavy atom. The zero-order chi connectivity index (χ0) is 14.7. The monoisotopic (exact) mass is 293 g/mol. The van der Waals surface area contributed by atoms with Crippen molar-refractivity contribution in [3.8, 4) is 11.1 Å². The van der Waals surface area contributed by atoms with Crippen LogP contribution in [0.2, 0.25) is 0 Å². The van der Waals surface area contributed by atoms with Gasteiger partial charge >= 0.3 is 5.97 Å². The molecular formula is C14H15NO4S. The molecule has 106 valence electrons. The number of nitrogens with zero attached hydrogens (tertiary/aromatic N) is 1. The van der Waals surface area contributed by atoms with Gasteiger partial charge in [-0.05, 0) is 18.2 Å². The van der Waals surface area contributed by atoms with Gasteiger partial charge in [-0.1, -0.05) is 6.92 Å². The Bertz CT molecular complexity index is 595. The van der Waals surface area contributed by atoms with Crippen molar-refractivity contribution >= 4 is 30.2 Å². The Hall–Kier alpha value is -1.95. The van der Waals surface area contributed by atoms with Gasteiger partial charge < -0.3 is 14.4 Å². The highest BCUT2D eigenvalue weighted by Gasteiger charge is 2.26. The molecule has 2 rings (SSSR count). The minimum absolute atomic E-state index is 0.254. The number of carboxylic acid groups (broad SMARTS) is 1. The van der Waals surface area contributed by atoms with Crippen LogP contribution >= 0.6 is 12.6 Å². The zero-order valence-corrected chi connectivity index (χ0v) is 11.8. The van der Waals surface area contributed by atoms with E-state index in [1.807, 2.05) is 0 Å². The molecule has 20 heavy (non-hydrogen) atoms. The van der Waals surface area contributed by atoms with E-state index in [2.05, 4.69) is 12.6 Å². The van der Waals surface area contributed by atoms with Crippen molar-refractivity contribution in [1.82, 2.24) is 0 Å². The second kappa shape index (κ2) is 6.00. The summed E-state index contributed by atoms with van der Waals surface area (Å²) < 4.78 is 5.06. The van der Waals surface area contributed by atoms with E-state index in [4.69, 9.17) is 9.52 Å². The molecule has 0 saturated heterocycles. The van der Waals surface area contributed by atoms with Gasteiger partial charge in [0.25, 0.3) is 0 Å². The van der Waals surface area contributed by atoms with Crippen LogP contribution in [-0.2, 0) is 9.59 Å². The highest BCUT2D eigenvalue weighted by molar-refractivity contribution is 7.80. The molecule has 1 amide bonds. The maximum Gasteiger partial charge on any atom is 0.323 e. The number of thiol groups is 1. The summed E-state index contributed by atoms with van der Waals surface area (Å²) >= 11 is 4.10. The van der Waals surface area contributed by atoms with E-state index in [0.29, 0.717) is 11.4 Å². The van der Waals surface area contributed by atoms with E-state index in [1.54, 1.807) is 31.4 Å². The number of fused-ring (bicyclic) bond motifs is 1. The van der Waals surface area contributed by atoms with Gasteiger partial charge in [0.1, 0.15) is 6.54 Å². The fourth-order valence-corrected chi connectivity index (χ4v) is 2.15. The molecule has 1 atom stereocenters. The van der Waals surface area contributed by atoms with Crippen molar-refractivity contribution in [3.05, 3.63) is 30.7 Å². The Morgan fingerprint density at radius 2 is 2.15 bits per heavy atom. The SMILES string of the molecule is CC(CS)C(=O)N(CC(=O)O)c1ccc2coccc1-2. The Kier molecular flexibility index (Phi) is 4.34. The second-order valence-corrected chi connectivity index (χ2v) is 4.91. The van der Waals surface area contributed by atoms with Crippen molar-refractivity contribution in [2.24, 2.45) is 5.92 Å². The van der Waals surface area contributed by atoms with Crippen LogP contribution in [0.3, 0.4) is 0 Å². The van der Waals surface area contributed by atoms with Gasteiger partial charge in [-0.2, -0.15) is 12.6 Å². The first-order valence-electron chi connectivity index (χ1n) is 6.13. The van der Waals surface area contributed by atoms with Crippen LogP contribution in [0.5, 0.6) is 0 Å². The third-order valence-electron chi connectivity index (χ3n) is 3.06. The lowest BCUT2D eigenvalue weighted by molar-refractivity contribution is -0.137. The van der Waals surface area contributed by atoms with Gasteiger partial charge in [0.2, 0.25) is 5.91 Å². The number of carbonyl (C=O) groups excluding carboxylic acids is 1. The number of hydrogen-bond donors (Lipinski definition) is 2. The van der Waals surface area contributed by atoms with Crippen LogP contribution in [0.4, 0.5) is 5.69 Å². The minimum atomic E-state index is -1.06. The third kappa shape index (κ3) is 2.80. The maximum absolute atomic E-state index is 12.3. The molecule has 0 aromatic rings. The fourth-order valence-electron chi connectivity index (χ4n) is 2.00. The Balaban J connectivity index is 2.41. The lowest BCUT2D eigenvalue weighted by Gasteiger charge is -2.24. The molecule has 1 aliphatic carbocycles. The van der Waals surface area contributed by atoms with Crippen LogP contribution in [0.25, 0.3) is 11.1 Å². The number of anilines is 1. The molecule has 0 radical (unpaired) electrons. The summed E-state index contributed by atoms with van der Waals surface area (Å²) in [5.41, 5.74) is 2.19. The molecule has 5 nitrogen and oxygen atoms in total. The van der Waals surface area contributed by atoms with Crippen molar-refractivity contribution in [2.45, 2.75) is 6.92 Å². The van der Waals surface area contributed by atoms with E-state index >= 15 is 0 Å². The van der Waals surface area contributed by atoms with Crippen LogP contribution in [0.1, 0.15) is 6.92 Å². The van der Waals surface area contributed by atoms with Crippen molar-refractivity contribution in [1.29, 1.82) is 0 Å². The standard InChI is InChI=1S/C14H15NO4S/c1-9(8-20)14(18)15(6-13(16)17)12-3-2-10-7-19-5-4-11(10)12/h2-5,7,9,20H,6,8H2,1H3,(H,16,17).